The standard InChI is InChI=1S/C17H24N2O3/c1-14-4-6-15(7-5-14)8-9-16(20)18-10-3-11-19(13-12-18)17(21)22-2/h4-7H,3,8-13H2,1-2H3. The molecule has 0 bridgehead atoms. The predicted octanol–water partition coefficient (Wildman–Crippen LogP) is 2.23. The van der Waals surface area contributed by atoms with Crippen LogP contribution >= 0.6 is 0 Å². The Balaban J connectivity index is 1.82. The van der Waals surface area contributed by atoms with Crippen molar-refractivity contribution in [2.45, 2.75) is 26.2 Å². The summed E-state index contributed by atoms with van der Waals surface area (Å²) < 4.78 is 4.74. The van der Waals surface area contributed by atoms with Crippen LogP contribution in [0.15, 0.2) is 24.3 Å². The van der Waals surface area contributed by atoms with Gasteiger partial charge in [-0.25, -0.2) is 4.79 Å². The molecule has 0 saturated carbocycles. The normalized spacial score (nSPS) is 15.4. The van der Waals surface area contributed by atoms with E-state index in [1.54, 1.807) is 4.90 Å². The molecule has 5 nitrogen and oxygen atoms in total. The minimum Gasteiger partial charge on any atom is -0.453 e. The second kappa shape index (κ2) is 7.82. The van der Waals surface area contributed by atoms with Crippen molar-refractivity contribution >= 4 is 12.0 Å². The highest BCUT2D eigenvalue weighted by molar-refractivity contribution is 5.76. The van der Waals surface area contributed by atoms with Gasteiger partial charge in [0.15, 0.2) is 0 Å². The van der Waals surface area contributed by atoms with Crippen molar-refractivity contribution in [2.75, 3.05) is 33.3 Å². The maximum absolute atomic E-state index is 12.3. The summed E-state index contributed by atoms with van der Waals surface area (Å²) in [5.41, 5.74) is 2.41. The molecule has 120 valence electrons. The minimum absolute atomic E-state index is 0.160. The highest BCUT2D eigenvalue weighted by Crippen LogP contribution is 2.10. The van der Waals surface area contributed by atoms with Gasteiger partial charge in [-0.15, -0.1) is 0 Å². The fraction of sp³-hybridized carbons (Fsp3) is 0.529. The number of hydrogen-bond acceptors (Lipinski definition) is 3. The van der Waals surface area contributed by atoms with Crippen LogP contribution < -0.4 is 0 Å². The summed E-state index contributed by atoms with van der Waals surface area (Å²) in [5.74, 6) is 0.160. The van der Waals surface area contributed by atoms with Gasteiger partial charge in [0.1, 0.15) is 0 Å². The topological polar surface area (TPSA) is 49.9 Å². The number of aryl methyl sites for hydroxylation is 2. The number of ether oxygens (including phenoxy) is 1. The third-order valence-electron chi connectivity index (χ3n) is 4.03. The highest BCUT2D eigenvalue weighted by atomic mass is 16.5. The van der Waals surface area contributed by atoms with Crippen LogP contribution in [0.4, 0.5) is 4.79 Å². The first-order chi connectivity index (χ1) is 10.6. The molecule has 1 heterocycles. The van der Waals surface area contributed by atoms with Crippen LogP contribution in [0.3, 0.4) is 0 Å². The van der Waals surface area contributed by atoms with E-state index in [-0.39, 0.29) is 12.0 Å². The van der Waals surface area contributed by atoms with E-state index in [1.807, 2.05) is 4.90 Å². The molecule has 22 heavy (non-hydrogen) atoms. The molecule has 1 saturated heterocycles. The lowest BCUT2D eigenvalue weighted by atomic mass is 10.1. The minimum atomic E-state index is -0.311. The summed E-state index contributed by atoms with van der Waals surface area (Å²) in [6, 6.07) is 8.29. The van der Waals surface area contributed by atoms with E-state index in [9.17, 15) is 9.59 Å². The number of benzene rings is 1. The van der Waals surface area contributed by atoms with Crippen molar-refractivity contribution < 1.29 is 14.3 Å². The summed E-state index contributed by atoms with van der Waals surface area (Å²) in [7, 11) is 1.39. The zero-order valence-electron chi connectivity index (χ0n) is 13.4. The molecular weight excluding hydrogens is 280 g/mol. The Kier molecular flexibility index (Phi) is 5.81. The molecule has 2 amide bonds. The molecule has 0 radical (unpaired) electrons. The molecule has 0 aliphatic carbocycles. The molecule has 1 aromatic rings. The number of nitrogens with zero attached hydrogens (tertiary/aromatic N) is 2. The van der Waals surface area contributed by atoms with Crippen molar-refractivity contribution in [3.8, 4) is 0 Å². The molecule has 1 aliphatic heterocycles. The first-order valence-electron chi connectivity index (χ1n) is 7.76. The average Bonchev–Trinajstić information content (AvgIpc) is 2.79. The van der Waals surface area contributed by atoms with Crippen molar-refractivity contribution in [1.29, 1.82) is 0 Å². The van der Waals surface area contributed by atoms with Gasteiger partial charge in [0.2, 0.25) is 5.91 Å². The molecular formula is C17H24N2O3. The van der Waals surface area contributed by atoms with Gasteiger partial charge >= 0.3 is 6.09 Å². The van der Waals surface area contributed by atoms with Crippen molar-refractivity contribution in [1.82, 2.24) is 9.80 Å². The van der Waals surface area contributed by atoms with Crippen molar-refractivity contribution in [3.05, 3.63) is 35.4 Å². The fourth-order valence-corrected chi connectivity index (χ4v) is 2.64. The zero-order valence-corrected chi connectivity index (χ0v) is 13.4. The van der Waals surface area contributed by atoms with E-state index in [4.69, 9.17) is 4.74 Å². The molecule has 0 unspecified atom stereocenters. The Labute approximate surface area is 131 Å². The summed E-state index contributed by atoms with van der Waals surface area (Å²) in [5, 5.41) is 0. The number of amides is 2. The molecule has 2 rings (SSSR count). The molecule has 1 aromatic carbocycles. The molecule has 5 heteroatoms. The summed E-state index contributed by atoms with van der Waals surface area (Å²) in [6.45, 7) is 4.54. The van der Waals surface area contributed by atoms with Gasteiger partial charge < -0.3 is 14.5 Å². The predicted molar refractivity (Wildman–Crippen MR) is 84.7 cm³/mol. The van der Waals surface area contributed by atoms with Crippen LogP contribution in [-0.2, 0) is 16.0 Å². The number of rotatable bonds is 3. The lowest BCUT2D eigenvalue weighted by Crippen LogP contribution is -2.37. The number of carbonyl (C=O) groups is 2. The molecule has 0 aromatic heterocycles. The van der Waals surface area contributed by atoms with Crippen molar-refractivity contribution in [3.63, 3.8) is 0 Å². The number of carbonyl (C=O) groups excluding carboxylic acids is 2. The SMILES string of the molecule is COC(=O)N1CCCN(C(=O)CCc2ccc(C)cc2)CC1. The number of methoxy groups -OCH3 is 1. The first kappa shape index (κ1) is 16.3. The Morgan fingerprint density at radius 1 is 1.05 bits per heavy atom. The second-order valence-electron chi connectivity index (χ2n) is 5.68. The molecule has 1 aliphatic rings. The van der Waals surface area contributed by atoms with Gasteiger partial charge in [-0.1, -0.05) is 29.8 Å². The Hall–Kier alpha value is -2.04. The maximum Gasteiger partial charge on any atom is 0.409 e. The third-order valence-corrected chi connectivity index (χ3v) is 4.03. The van der Waals surface area contributed by atoms with Crippen molar-refractivity contribution in [2.24, 2.45) is 0 Å². The van der Waals surface area contributed by atoms with Gasteiger partial charge in [-0.3, -0.25) is 4.79 Å². The van der Waals surface area contributed by atoms with Gasteiger partial charge in [0.25, 0.3) is 0 Å². The van der Waals surface area contributed by atoms with Gasteiger partial charge in [0.05, 0.1) is 7.11 Å². The summed E-state index contributed by atoms with van der Waals surface area (Å²) >= 11 is 0. The van der Waals surface area contributed by atoms with E-state index in [2.05, 4.69) is 31.2 Å². The van der Waals surface area contributed by atoms with Crippen LogP contribution in [0.5, 0.6) is 0 Å². The third kappa shape index (κ3) is 4.48. The van der Waals surface area contributed by atoms with E-state index in [0.29, 0.717) is 32.6 Å². The van der Waals surface area contributed by atoms with Crippen LogP contribution in [0.1, 0.15) is 24.0 Å². The Morgan fingerprint density at radius 2 is 1.68 bits per heavy atom. The highest BCUT2D eigenvalue weighted by Gasteiger charge is 2.21. The van der Waals surface area contributed by atoms with Gasteiger partial charge in [-0.2, -0.15) is 0 Å². The Morgan fingerprint density at radius 3 is 2.36 bits per heavy atom. The van der Waals surface area contributed by atoms with Gasteiger partial charge in [-0.05, 0) is 25.3 Å². The van der Waals surface area contributed by atoms with Crippen LogP contribution in [0.2, 0.25) is 0 Å². The van der Waals surface area contributed by atoms with E-state index >= 15 is 0 Å². The number of hydrogen-bond donors (Lipinski definition) is 0. The van der Waals surface area contributed by atoms with Crippen LogP contribution in [0.25, 0.3) is 0 Å². The summed E-state index contributed by atoms with van der Waals surface area (Å²) in [6.07, 6.45) is 1.76. The van der Waals surface area contributed by atoms with Crippen LogP contribution in [0, 0.1) is 6.92 Å². The molecule has 0 N–H and O–H groups in total. The quantitative estimate of drug-likeness (QED) is 0.860. The van der Waals surface area contributed by atoms with Crippen LogP contribution in [-0.4, -0.2) is 55.1 Å². The molecule has 0 spiro atoms. The zero-order chi connectivity index (χ0) is 15.9. The maximum atomic E-state index is 12.3. The molecule has 1 fully saturated rings. The average molecular weight is 304 g/mol. The Bertz CT molecular complexity index is 513. The second-order valence-corrected chi connectivity index (χ2v) is 5.68. The first-order valence-corrected chi connectivity index (χ1v) is 7.76. The lowest BCUT2D eigenvalue weighted by molar-refractivity contribution is -0.131. The van der Waals surface area contributed by atoms with Gasteiger partial charge in [0, 0.05) is 32.6 Å². The largest absolute Gasteiger partial charge is 0.453 e. The van der Waals surface area contributed by atoms with E-state index < -0.39 is 0 Å². The monoisotopic (exact) mass is 304 g/mol. The molecule has 0 atom stereocenters. The fourth-order valence-electron chi connectivity index (χ4n) is 2.64. The van der Waals surface area contributed by atoms with E-state index in [1.165, 1.54) is 18.2 Å². The van der Waals surface area contributed by atoms with E-state index in [0.717, 1.165) is 12.8 Å². The lowest BCUT2D eigenvalue weighted by Gasteiger charge is -2.21. The smallest absolute Gasteiger partial charge is 0.409 e. The summed E-state index contributed by atoms with van der Waals surface area (Å²) in [4.78, 5) is 27.4.